The Morgan fingerprint density at radius 3 is 2.35 bits per heavy atom. The summed E-state index contributed by atoms with van der Waals surface area (Å²) in [7, 11) is 0. The number of nitrogens with one attached hydrogen (secondary N) is 1. The highest BCUT2D eigenvalue weighted by molar-refractivity contribution is 5.85. The smallest absolute Gasteiger partial charge is 0.237 e. The molecule has 0 spiro atoms. The van der Waals surface area contributed by atoms with E-state index in [1.165, 1.54) is 0 Å². The number of hydrogen-bond acceptors (Lipinski definition) is 4. The molecular formula is C14H30ClN3O2. The van der Waals surface area contributed by atoms with Crippen molar-refractivity contribution >= 4 is 18.3 Å². The third-order valence-corrected chi connectivity index (χ3v) is 4.27. The highest BCUT2D eigenvalue weighted by atomic mass is 35.5. The molecule has 4 atom stereocenters. The van der Waals surface area contributed by atoms with Gasteiger partial charge in [0.05, 0.1) is 19.3 Å². The lowest BCUT2D eigenvalue weighted by atomic mass is 9.98. The molecule has 1 amide bonds. The van der Waals surface area contributed by atoms with Crippen LogP contribution in [-0.4, -0.2) is 55.2 Å². The molecule has 1 fully saturated rings. The van der Waals surface area contributed by atoms with Crippen LogP contribution in [0.1, 0.15) is 34.1 Å². The van der Waals surface area contributed by atoms with Gasteiger partial charge >= 0.3 is 0 Å². The van der Waals surface area contributed by atoms with Gasteiger partial charge in [0.1, 0.15) is 0 Å². The van der Waals surface area contributed by atoms with Crippen molar-refractivity contribution in [1.29, 1.82) is 0 Å². The van der Waals surface area contributed by atoms with E-state index in [2.05, 4.69) is 24.1 Å². The highest BCUT2D eigenvalue weighted by Crippen LogP contribution is 2.09. The number of halogens is 1. The van der Waals surface area contributed by atoms with Crippen LogP contribution in [0.5, 0.6) is 0 Å². The van der Waals surface area contributed by atoms with Crippen LogP contribution >= 0.6 is 12.4 Å². The number of carbonyl (C=O) groups excluding carboxylic acids is 1. The number of hydrogen-bond donors (Lipinski definition) is 2. The number of amides is 1. The fraction of sp³-hybridized carbons (Fsp3) is 0.929. The summed E-state index contributed by atoms with van der Waals surface area (Å²) in [5.41, 5.74) is 5.95. The Hall–Kier alpha value is -0.360. The normalized spacial score (nSPS) is 22.2. The van der Waals surface area contributed by atoms with E-state index in [1.807, 2.05) is 13.8 Å². The molecule has 1 heterocycles. The molecular weight excluding hydrogens is 278 g/mol. The summed E-state index contributed by atoms with van der Waals surface area (Å²) in [6, 6.07) is -0.0120. The van der Waals surface area contributed by atoms with Crippen molar-refractivity contribution in [3.63, 3.8) is 0 Å². The number of ether oxygens (including phenoxy) is 1. The Morgan fingerprint density at radius 2 is 1.85 bits per heavy atom. The van der Waals surface area contributed by atoms with Gasteiger partial charge in [0.2, 0.25) is 5.91 Å². The van der Waals surface area contributed by atoms with E-state index >= 15 is 0 Å². The molecule has 4 unspecified atom stereocenters. The standard InChI is InChI=1S/C14H29N3O2.ClH/c1-5-10(2)13(15)14(18)16-11(3)12(4)17-6-8-19-9-7-17;/h10-13H,5-9,15H2,1-4H3,(H,16,18);1H. The van der Waals surface area contributed by atoms with Crippen LogP contribution in [0.2, 0.25) is 0 Å². The first-order valence-corrected chi connectivity index (χ1v) is 7.35. The van der Waals surface area contributed by atoms with Crippen LogP contribution < -0.4 is 11.1 Å². The molecule has 120 valence electrons. The van der Waals surface area contributed by atoms with Crippen LogP contribution in [0.4, 0.5) is 0 Å². The molecule has 0 aromatic carbocycles. The Labute approximate surface area is 129 Å². The topological polar surface area (TPSA) is 67.6 Å². The van der Waals surface area contributed by atoms with Crippen molar-refractivity contribution in [2.75, 3.05) is 26.3 Å². The van der Waals surface area contributed by atoms with Crippen LogP contribution in [0, 0.1) is 5.92 Å². The maximum absolute atomic E-state index is 12.1. The van der Waals surface area contributed by atoms with Gasteiger partial charge in [0.25, 0.3) is 0 Å². The number of carbonyl (C=O) groups is 1. The Kier molecular flexibility index (Phi) is 9.38. The molecule has 0 aromatic heterocycles. The zero-order valence-electron chi connectivity index (χ0n) is 13.1. The Morgan fingerprint density at radius 1 is 1.30 bits per heavy atom. The molecule has 20 heavy (non-hydrogen) atoms. The quantitative estimate of drug-likeness (QED) is 0.768. The number of nitrogens with zero attached hydrogens (tertiary/aromatic N) is 1. The minimum atomic E-state index is -0.413. The van der Waals surface area contributed by atoms with Crippen LogP contribution in [0.3, 0.4) is 0 Å². The van der Waals surface area contributed by atoms with Crippen molar-refractivity contribution in [2.45, 2.75) is 52.2 Å². The predicted molar refractivity (Wildman–Crippen MR) is 84.1 cm³/mol. The van der Waals surface area contributed by atoms with Crippen molar-refractivity contribution in [2.24, 2.45) is 11.7 Å². The number of rotatable bonds is 6. The van der Waals surface area contributed by atoms with Gasteiger partial charge in [-0.15, -0.1) is 12.4 Å². The molecule has 0 radical (unpaired) electrons. The van der Waals surface area contributed by atoms with Crippen molar-refractivity contribution < 1.29 is 9.53 Å². The Bertz CT molecular complexity index is 286. The third kappa shape index (κ3) is 5.56. The molecule has 1 saturated heterocycles. The van der Waals surface area contributed by atoms with E-state index in [0.717, 1.165) is 32.7 Å². The maximum Gasteiger partial charge on any atom is 0.237 e. The van der Waals surface area contributed by atoms with Gasteiger partial charge in [0.15, 0.2) is 0 Å². The lowest BCUT2D eigenvalue weighted by molar-refractivity contribution is -0.124. The van der Waals surface area contributed by atoms with E-state index in [0.29, 0.717) is 6.04 Å². The second-order valence-electron chi connectivity index (χ2n) is 5.60. The fourth-order valence-corrected chi connectivity index (χ4v) is 2.25. The lowest BCUT2D eigenvalue weighted by Gasteiger charge is -2.36. The number of nitrogens with two attached hydrogens (primary N) is 1. The van der Waals surface area contributed by atoms with Gasteiger partial charge in [0, 0.05) is 25.2 Å². The summed E-state index contributed by atoms with van der Waals surface area (Å²) in [4.78, 5) is 14.4. The van der Waals surface area contributed by atoms with Gasteiger partial charge < -0.3 is 15.8 Å². The van der Waals surface area contributed by atoms with E-state index in [4.69, 9.17) is 10.5 Å². The molecule has 0 saturated carbocycles. The summed E-state index contributed by atoms with van der Waals surface area (Å²) in [5.74, 6) is 0.174. The molecule has 0 bridgehead atoms. The van der Waals surface area contributed by atoms with E-state index in [-0.39, 0.29) is 30.3 Å². The minimum Gasteiger partial charge on any atom is -0.379 e. The molecule has 6 heteroatoms. The first-order chi connectivity index (χ1) is 8.97. The van der Waals surface area contributed by atoms with Gasteiger partial charge in [-0.1, -0.05) is 20.3 Å². The minimum absolute atomic E-state index is 0. The first-order valence-electron chi connectivity index (χ1n) is 7.35. The lowest BCUT2D eigenvalue weighted by Crippen LogP contribution is -2.55. The zero-order valence-corrected chi connectivity index (χ0v) is 13.9. The van der Waals surface area contributed by atoms with Gasteiger partial charge in [-0.25, -0.2) is 0 Å². The monoisotopic (exact) mass is 307 g/mol. The SMILES string of the molecule is CCC(C)C(N)C(=O)NC(C)C(C)N1CCOCC1.Cl. The fourth-order valence-electron chi connectivity index (χ4n) is 2.25. The van der Waals surface area contributed by atoms with Crippen molar-refractivity contribution in [3.05, 3.63) is 0 Å². The molecule has 1 aliphatic heterocycles. The van der Waals surface area contributed by atoms with E-state index in [9.17, 15) is 4.79 Å². The van der Waals surface area contributed by atoms with Crippen LogP contribution in [0.15, 0.2) is 0 Å². The van der Waals surface area contributed by atoms with Gasteiger partial charge in [-0.05, 0) is 19.8 Å². The second-order valence-corrected chi connectivity index (χ2v) is 5.60. The van der Waals surface area contributed by atoms with Crippen molar-refractivity contribution in [3.8, 4) is 0 Å². The van der Waals surface area contributed by atoms with E-state index in [1.54, 1.807) is 0 Å². The van der Waals surface area contributed by atoms with E-state index < -0.39 is 6.04 Å². The zero-order chi connectivity index (χ0) is 14.4. The molecule has 0 aromatic rings. The number of morpholine rings is 1. The average molecular weight is 308 g/mol. The molecule has 3 N–H and O–H groups in total. The van der Waals surface area contributed by atoms with Crippen LogP contribution in [-0.2, 0) is 9.53 Å². The summed E-state index contributed by atoms with van der Waals surface area (Å²) in [5, 5.41) is 3.05. The first kappa shape index (κ1) is 19.6. The average Bonchev–Trinajstić information content (AvgIpc) is 2.45. The molecule has 1 rings (SSSR count). The van der Waals surface area contributed by atoms with Crippen molar-refractivity contribution in [1.82, 2.24) is 10.2 Å². The molecule has 5 nitrogen and oxygen atoms in total. The summed E-state index contributed by atoms with van der Waals surface area (Å²) in [6.45, 7) is 11.7. The van der Waals surface area contributed by atoms with Crippen LogP contribution in [0.25, 0.3) is 0 Å². The summed E-state index contributed by atoms with van der Waals surface area (Å²) >= 11 is 0. The molecule has 0 aliphatic carbocycles. The Balaban J connectivity index is 0.00000361. The summed E-state index contributed by atoms with van der Waals surface area (Å²) in [6.07, 6.45) is 0.919. The largest absolute Gasteiger partial charge is 0.379 e. The predicted octanol–water partition coefficient (Wildman–Crippen LogP) is 1.01. The van der Waals surface area contributed by atoms with Gasteiger partial charge in [-0.2, -0.15) is 0 Å². The summed E-state index contributed by atoms with van der Waals surface area (Å²) < 4.78 is 5.35. The molecule has 1 aliphatic rings. The second kappa shape index (κ2) is 9.55. The maximum atomic E-state index is 12.1. The highest BCUT2D eigenvalue weighted by Gasteiger charge is 2.26. The van der Waals surface area contributed by atoms with Gasteiger partial charge in [-0.3, -0.25) is 9.69 Å². The third-order valence-electron chi connectivity index (χ3n) is 4.27.